The molecule has 0 fully saturated rings. The van der Waals surface area contributed by atoms with Crippen LogP contribution in [0.3, 0.4) is 0 Å². The number of aldehydes is 1. The largest absolute Gasteiger partial charge is 0.298 e. The first kappa shape index (κ1) is 12.5. The third-order valence-corrected chi connectivity index (χ3v) is 4.19. The highest BCUT2D eigenvalue weighted by molar-refractivity contribution is 9.10. The van der Waals surface area contributed by atoms with Gasteiger partial charge in [-0.25, -0.2) is 4.68 Å². The predicted octanol–water partition coefficient (Wildman–Crippen LogP) is 3.83. The van der Waals surface area contributed by atoms with Gasteiger partial charge >= 0.3 is 0 Å². The van der Waals surface area contributed by atoms with Gasteiger partial charge in [-0.1, -0.05) is 15.9 Å². The van der Waals surface area contributed by atoms with Crippen LogP contribution in [0.1, 0.15) is 21.7 Å². The van der Waals surface area contributed by atoms with Gasteiger partial charge in [-0.2, -0.15) is 5.10 Å². The lowest BCUT2D eigenvalue weighted by Crippen LogP contribution is -2.03. The van der Waals surface area contributed by atoms with Crippen LogP contribution in [0.15, 0.2) is 27.1 Å². The molecule has 0 atom stereocenters. The van der Waals surface area contributed by atoms with Crippen molar-refractivity contribution in [3.8, 4) is 5.69 Å². The molecule has 0 aliphatic carbocycles. The first-order valence-electron chi connectivity index (χ1n) is 5.01. The summed E-state index contributed by atoms with van der Waals surface area (Å²) < 4.78 is 3.66. The van der Waals surface area contributed by atoms with Gasteiger partial charge < -0.3 is 0 Å². The van der Waals surface area contributed by atoms with Gasteiger partial charge in [0.05, 0.1) is 21.5 Å². The fourth-order valence-electron chi connectivity index (χ4n) is 1.66. The van der Waals surface area contributed by atoms with E-state index >= 15 is 0 Å². The van der Waals surface area contributed by atoms with E-state index < -0.39 is 0 Å². The maximum atomic E-state index is 11.0. The second kappa shape index (κ2) is 4.74. The highest BCUT2D eigenvalue weighted by atomic mass is 79.9. The second-order valence-electron chi connectivity index (χ2n) is 3.72. The molecule has 0 aliphatic rings. The topological polar surface area (TPSA) is 34.9 Å². The van der Waals surface area contributed by atoms with Crippen LogP contribution in [-0.4, -0.2) is 16.1 Å². The number of carbonyl (C=O) groups excluding carboxylic acids is 1. The summed E-state index contributed by atoms with van der Waals surface area (Å²) in [6.45, 7) is 3.88. The summed E-state index contributed by atoms with van der Waals surface area (Å²) in [6.07, 6.45) is 0.839. The Hall–Kier alpha value is -0.940. The van der Waals surface area contributed by atoms with E-state index in [0.717, 1.165) is 32.3 Å². The van der Waals surface area contributed by atoms with E-state index in [1.54, 1.807) is 10.7 Å². The molecule has 0 bridgehead atoms. The minimum absolute atomic E-state index is 0.617. The van der Waals surface area contributed by atoms with Crippen molar-refractivity contribution in [1.29, 1.82) is 0 Å². The molecule has 1 aromatic heterocycles. The molecule has 1 heterocycles. The van der Waals surface area contributed by atoms with Crippen molar-refractivity contribution in [2.24, 2.45) is 0 Å². The molecule has 0 unspecified atom stereocenters. The van der Waals surface area contributed by atoms with E-state index in [0.29, 0.717) is 5.56 Å². The van der Waals surface area contributed by atoms with Crippen molar-refractivity contribution in [2.75, 3.05) is 0 Å². The van der Waals surface area contributed by atoms with Gasteiger partial charge in [0.15, 0.2) is 6.29 Å². The normalized spacial score (nSPS) is 10.6. The molecule has 0 radical (unpaired) electrons. The molecule has 0 spiro atoms. The molecule has 0 amide bonds. The Morgan fingerprint density at radius 3 is 2.53 bits per heavy atom. The number of hydrogen-bond acceptors (Lipinski definition) is 2. The van der Waals surface area contributed by atoms with Gasteiger partial charge in [0.25, 0.3) is 0 Å². The number of hydrogen-bond donors (Lipinski definition) is 0. The molecular formula is C12H10Br2N2O. The monoisotopic (exact) mass is 356 g/mol. The van der Waals surface area contributed by atoms with E-state index in [2.05, 4.69) is 37.0 Å². The van der Waals surface area contributed by atoms with E-state index in [1.807, 2.05) is 26.0 Å². The zero-order valence-electron chi connectivity index (χ0n) is 9.37. The van der Waals surface area contributed by atoms with Crippen molar-refractivity contribution in [3.05, 3.63) is 44.1 Å². The number of rotatable bonds is 2. The molecule has 17 heavy (non-hydrogen) atoms. The number of carbonyl (C=O) groups is 1. The zero-order chi connectivity index (χ0) is 12.6. The highest BCUT2D eigenvalue weighted by Crippen LogP contribution is 2.26. The van der Waals surface area contributed by atoms with Crippen molar-refractivity contribution < 1.29 is 4.79 Å². The van der Waals surface area contributed by atoms with Gasteiger partial charge in [-0.15, -0.1) is 0 Å². The Morgan fingerprint density at radius 1 is 1.29 bits per heavy atom. The summed E-state index contributed by atoms with van der Waals surface area (Å²) in [5.74, 6) is 0. The SMILES string of the molecule is Cc1nn(-c2cc(Br)ccc2C=O)c(C)c1Br. The van der Waals surface area contributed by atoms with E-state index in [9.17, 15) is 4.79 Å². The van der Waals surface area contributed by atoms with Gasteiger partial charge in [0.2, 0.25) is 0 Å². The lowest BCUT2D eigenvalue weighted by atomic mass is 10.2. The van der Waals surface area contributed by atoms with Gasteiger partial charge in [-0.3, -0.25) is 4.79 Å². The van der Waals surface area contributed by atoms with Gasteiger partial charge in [-0.05, 0) is 48.0 Å². The number of aryl methyl sites for hydroxylation is 1. The van der Waals surface area contributed by atoms with E-state index in [-0.39, 0.29) is 0 Å². The highest BCUT2D eigenvalue weighted by Gasteiger charge is 2.13. The van der Waals surface area contributed by atoms with Crippen molar-refractivity contribution in [2.45, 2.75) is 13.8 Å². The summed E-state index contributed by atoms with van der Waals surface area (Å²) in [5, 5.41) is 4.42. The standard InChI is InChI=1S/C12H10Br2N2O/c1-7-12(14)8(2)16(15-7)11-5-10(13)4-3-9(11)6-17/h3-6H,1-2H3. The number of aromatic nitrogens is 2. The molecule has 5 heteroatoms. The summed E-state index contributed by atoms with van der Waals surface area (Å²) in [4.78, 5) is 11.0. The fourth-order valence-corrected chi connectivity index (χ4v) is 2.25. The van der Waals surface area contributed by atoms with Crippen LogP contribution in [0, 0.1) is 13.8 Å². The fraction of sp³-hybridized carbons (Fsp3) is 0.167. The average molecular weight is 358 g/mol. The summed E-state index contributed by atoms with van der Waals surface area (Å²) in [5.41, 5.74) is 3.27. The van der Waals surface area contributed by atoms with Crippen LogP contribution < -0.4 is 0 Å². The average Bonchev–Trinajstić information content (AvgIpc) is 2.57. The Morgan fingerprint density at radius 2 is 2.00 bits per heavy atom. The van der Waals surface area contributed by atoms with Crippen LogP contribution in [0.5, 0.6) is 0 Å². The molecule has 0 saturated carbocycles. The van der Waals surface area contributed by atoms with Crippen LogP contribution in [0.2, 0.25) is 0 Å². The second-order valence-corrected chi connectivity index (χ2v) is 5.43. The Labute approximate surface area is 116 Å². The predicted molar refractivity (Wildman–Crippen MR) is 73.8 cm³/mol. The minimum atomic E-state index is 0.617. The maximum Gasteiger partial charge on any atom is 0.152 e. The Kier molecular flexibility index (Phi) is 3.49. The van der Waals surface area contributed by atoms with Crippen LogP contribution in [0.25, 0.3) is 5.69 Å². The summed E-state index contributed by atoms with van der Waals surface area (Å²) in [7, 11) is 0. The zero-order valence-corrected chi connectivity index (χ0v) is 12.5. The maximum absolute atomic E-state index is 11.0. The van der Waals surface area contributed by atoms with Crippen molar-refractivity contribution in [1.82, 2.24) is 9.78 Å². The van der Waals surface area contributed by atoms with Crippen molar-refractivity contribution >= 4 is 38.1 Å². The van der Waals surface area contributed by atoms with Crippen molar-refractivity contribution in [3.63, 3.8) is 0 Å². The van der Waals surface area contributed by atoms with E-state index in [1.165, 1.54) is 0 Å². The van der Waals surface area contributed by atoms with Crippen LogP contribution >= 0.6 is 31.9 Å². The molecule has 3 nitrogen and oxygen atoms in total. The number of nitrogens with zero attached hydrogens (tertiary/aromatic N) is 2. The minimum Gasteiger partial charge on any atom is -0.298 e. The Bertz CT molecular complexity index is 590. The molecule has 88 valence electrons. The third-order valence-electron chi connectivity index (χ3n) is 2.55. The lowest BCUT2D eigenvalue weighted by Gasteiger charge is -2.07. The summed E-state index contributed by atoms with van der Waals surface area (Å²) in [6, 6.07) is 5.50. The Balaban J connectivity index is 2.71. The van der Waals surface area contributed by atoms with Crippen LogP contribution in [-0.2, 0) is 0 Å². The first-order chi connectivity index (χ1) is 8.04. The molecule has 0 saturated heterocycles. The summed E-state index contributed by atoms with van der Waals surface area (Å²) >= 11 is 6.88. The first-order valence-corrected chi connectivity index (χ1v) is 6.60. The molecule has 1 aromatic carbocycles. The van der Waals surface area contributed by atoms with Gasteiger partial charge in [0.1, 0.15) is 0 Å². The third kappa shape index (κ3) is 2.21. The molecule has 0 aliphatic heterocycles. The molecule has 2 aromatic rings. The molecule has 2 rings (SSSR count). The molecule has 0 N–H and O–H groups in total. The van der Waals surface area contributed by atoms with E-state index in [4.69, 9.17) is 0 Å². The number of benzene rings is 1. The van der Waals surface area contributed by atoms with Crippen LogP contribution in [0.4, 0.5) is 0 Å². The quantitative estimate of drug-likeness (QED) is 0.765. The molecular weight excluding hydrogens is 348 g/mol. The van der Waals surface area contributed by atoms with Gasteiger partial charge in [0, 0.05) is 10.0 Å². The lowest BCUT2D eigenvalue weighted by molar-refractivity contribution is 0.112. The smallest absolute Gasteiger partial charge is 0.152 e. The number of halogens is 2.